The van der Waals surface area contributed by atoms with Crippen LogP contribution in [0.2, 0.25) is 0 Å². The number of carbonyl (C=O) groups is 2. The number of nitrogens with one attached hydrogen (secondary N) is 2. The van der Waals surface area contributed by atoms with Gasteiger partial charge in [0.1, 0.15) is 5.69 Å². The van der Waals surface area contributed by atoms with Gasteiger partial charge in [-0.15, -0.1) is 6.58 Å². The molecule has 0 bridgehead atoms. The highest BCUT2D eigenvalue weighted by atomic mass is 16.2. The number of pyridine rings is 1. The number of carbonyl (C=O) groups excluding carboxylic acids is 2. The standard InChI is InChI=1S/C19H21N3O2/c1-5-7-21-19(24)16-11-15(6-8-20-16)18(23)22-17-13(3)9-12(2)10-14(17)4/h5-6,8-11H,1,7H2,2-4H3,(H,21,24)(H,22,23). The maximum absolute atomic E-state index is 12.5. The minimum absolute atomic E-state index is 0.196. The lowest BCUT2D eigenvalue weighted by atomic mass is 10.0. The van der Waals surface area contributed by atoms with Crippen LogP contribution in [0, 0.1) is 20.8 Å². The van der Waals surface area contributed by atoms with Crippen LogP contribution in [-0.4, -0.2) is 23.3 Å². The van der Waals surface area contributed by atoms with E-state index < -0.39 is 0 Å². The SMILES string of the molecule is C=CCNC(=O)c1cc(C(=O)Nc2c(C)cc(C)cc2C)ccn1. The van der Waals surface area contributed by atoms with Crippen molar-refractivity contribution >= 4 is 17.5 Å². The summed E-state index contributed by atoms with van der Waals surface area (Å²) in [7, 11) is 0. The van der Waals surface area contributed by atoms with E-state index in [4.69, 9.17) is 0 Å². The van der Waals surface area contributed by atoms with Gasteiger partial charge in [0.15, 0.2) is 0 Å². The average molecular weight is 323 g/mol. The van der Waals surface area contributed by atoms with Gasteiger partial charge in [-0.1, -0.05) is 23.8 Å². The number of amides is 2. The van der Waals surface area contributed by atoms with Gasteiger partial charge in [-0.2, -0.15) is 0 Å². The van der Waals surface area contributed by atoms with Gasteiger partial charge in [-0.25, -0.2) is 0 Å². The van der Waals surface area contributed by atoms with Gasteiger partial charge in [0.2, 0.25) is 0 Å². The third kappa shape index (κ3) is 4.07. The molecule has 2 aromatic rings. The van der Waals surface area contributed by atoms with Crippen LogP contribution in [0.15, 0.2) is 43.1 Å². The molecule has 0 aliphatic heterocycles. The predicted molar refractivity (Wildman–Crippen MR) is 95.4 cm³/mol. The van der Waals surface area contributed by atoms with E-state index in [1.54, 1.807) is 12.1 Å². The molecular formula is C19H21N3O2. The summed E-state index contributed by atoms with van der Waals surface area (Å²) >= 11 is 0. The molecule has 2 rings (SSSR count). The lowest BCUT2D eigenvalue weighted by Crippen LogP contribution is -2.25. The monoisotopic (exact) mass is 323 g/mol. The third-order valence-corrected chi connectivity index (χ3v) is 3.58. The molecule has 0 aliphatic rings. The number of anilines is 1. The number of aromatic nitrogens is 1. The summed E-state index contributed by atoms with van der Waals surface area (Å²) in [4.78, 5) is 28.4. The number of hydrogen-bond acceptors (Lipinski definition) is 3. The Morgan fingerprint density at radius 3 is 2.42 bits per heavy atom. The van der Waals surface area contributed by atoms with Gasteiger partial charge in [0.05, 0.1) is 0 Å². The summed E-state index contributed by atoms with van der Waals surface area (Å²) in [6.45, 7) is 9.81. The highest BCUT2D eigenvalue weighted by molar-refractivity contribution is 6.06. The number of aryl methyl sites for hydroxylation is 3. The Hall–Kier alpha value is -2.95. The Morgan fingerprint density at radius 2 is 1.79 bits per heavy atom. The molecule has 124 valence electrons. The van der Waals surface area contributed by atoms with Crippen molar-refractivity contribution in [3.05, 3.63) is 71.1 Å². The summed E-state index contributed by atoms with van der Waals surface area (Å²) < 4.78 is 0. The van der Waals surface area contributed by atoms with E-state index in [0.29, 0.717) is 12.1 Å². The Labute approximate surface area is 141 Å². The highest BCUT2D eigenvalue weighted by Crippen LogP contribution is 2.22. The minimum atomic E-state index is -0.341. The Bertz CT molecular complexity index is 774. The average Bonchev–Trinajstić information content (AvgIpc) is 2.55. The minimum Gasteiger partial charge on any atom is -0.347 e. The Kier molecular flexibility index (Phi) is 5.47. The number of rotatable bonds is 5. The predicted octanol–water partition coefficient (Wildman–Crippen LogP) is 3.17. The first kappa shape index (κ1) is 17.4. The highest BCUT2D eigenvalue weighted by Gasteiger charge is 2.13. The van der Waals surface area contributed by atoms with Gasteiger partial charge in [0.25, 0.3) is 11.8 Å². The maximum Gasteiger partial charge on any atom is 0.270 e. The number of nitrogens with zero attached hydrogens (tertiary/aromatic N) is 1. The molecule has 5 nitrogen and oxygen atoms in total. The van der Waals surface area contributed by atoms with Gasteiger partial charge < -0.3 is 10.6 Å². The Balaban J connectivity index is 2.22. The van der Waals surface area contributed by atoms with Crippen LogP contribution < -0.4 is 10.6 Å². The fourth-order valence-corrected chi connectivity index (χ4v) is 2.51. The van der Waals surface area contributed by atoms with Crippen molar-refractivity contribution in [2.75, 3.05) is 11.9 Å². The molecule has 1 aromatic carbocycles. The van der Waals surface area contributed by atoms with Crippen LogP contribution in [0.3, 0.4) is 0 Å². The van der Waals surface area contributed by atoms with Gasteiger partial charge in [-0.05, 0) is 44.0 Å². The summed E-state index contributed by atoms with van der Waals surface area (Å²) in [5.74, 6) is -0.613. The van der Waals surface area contributed by atoms with Crippen LogP contribution in [-0.2, 0) is 0 Å². The van der Waals surface area contributed by atoms with Gasteiger partial charge in [0, 0.05) is 24.0 Å². The van der Waals surface area contributed by atoms with Crippen molar-refractivity contribution in [3.63, 3.8) is 0 Å². The first-order valence-corrected chi connectivity index (χ1v) is 7.66. The van der Waals surface area contributed by atoms with Crippen molar-refractivity contribution in [1.82, 2.24) is 10.3 Å². The second-order valence-corrected chi connectivity index (χ2v) is 5.66. The lowest BCUT2D eigenvalue weighted by molar-refractivity contribution is 0.0953. The molecular weight excluding hydrogens is 302 g/mol. The van der Waals surface area contributed by atoms with Crippen LogP contribution >= 0.6 is 0 Å². The van der Waals surface area contributed by atoms with E-state index >= 15 is 0 Å². The number of benzene rings is 1. The van der Waals surface area contributed by atoms with Crippen LogP contribution in [0.4, 0.5) is 5.69 Å². The smallest absolute Gasteiger partial charge is 0.270 e. The van der Waals surface area contributed by atoms with Crippen LogP contribution in [0.5, 0.6) is 0 Å². The summed E-state index contributed by atoms with van der Waals surface area (Å²) in [5, 5.41) is 5.55. The first-order chi connectivity index (χ1) is 11.4. The zero-order valence-electron chi connectivity index (χ0n) is 14.1. The Morgan fingerprint density at radius 1 is 1.12 bits per heavy atom. The quantitative estimate of drug-likeness (QED) is 0.830. The molecule has 2 amide bonds. The molecule has 0 radical (unpaired) electrons. The fourth-order valence-electron chi connectivity index (χ4n) is 2.51. The molecule has 1 heterocycles. The molecule has 0 atom stereocenters. The summed E-state index contributed by atoms with van der Waals surface area (Å²) in [5.41, 5.74) is 4.51. The fraction of sp³-hybridized carbons (Fsp3) is 0.211. The summed E-state index contributed by atoms with van der Waals surface area (Å²) in [6.07, 6.45) is 3.03. The normalized spacial score (nSPS) is 10.1. The van der Waals surface area contributed by atoms with Gasteiger partial charge >= 0.3 is 0 Å². The molecule has 1 aromatic heterocycles. The molecule has 0 unspecified atom stereocenters. The van der Waals surface area contributed by atoms with E-state index in [9.17, 15) is 9.59 Å². The second-order valence-electron chi connectivity index (χ2n) is 5.66. The largest absolute Gasteiger partial charge is 0.347 e. The van der Waals surface area contributed by atoms with E-state index in [1.165, 1.54) is 12.3 Å². The van der Waals surface area contributed by atoms with E-state index in [-0.39, 0.29) is 17.5 Å². The maximum atomic E-state index is 12.5. The summed E-state index contributed by atoms with van der Waals surface area (Å²) in [6, 6.07) is 7.09. The van der Waals surface area contributed by atoms with E-state index in [1.807, 2.05) is 32.9 Å². The molecule has 2 N–H and O–H groups in total. The molecule has 0 spiro atoms. The van der Waals surface area contributed by atoms with E-state index in [0.717, 1.165) is 22.4 Å². The van der Waals surface area contributed by atoms with Crippen LogP contribution in [0.1, 0.15) is 37.5 Å². The topological polar surface area (TPSA) is 71.1 Å². The van der Waals surface area contributed by atoms with Crippen LogP contribution in [0.25, 0.3) is 0 Å². The molecule has 5 heteroatoms. The van der Waals surface area contributed by atoms with Crippen molar-refractivity contribution in [3.8, 4) is 0 Å². The second kappa shape index (κ2) is 7.55. The van der Waals surface area contributed by atoms with Gasteiger partial charge in [-0.3, -0.25) is 14.6 Å². The molecule has 24 heavy (non-hydrogen) atoms. The van der Waals surface area contributed by atoms with Crippen molar-refractivity contribution in [2.45, 2.75) is 20.8 Å². The molecule has 0 saturated heterocycles. The molecule has 0 fully saturated rings. The zero-order chi connectivity index (χ0) is 17.7. The zero-order valence-corrected chi connectivity index (χ0v) is 14.1. The first-order valence-electron chi connectivity index (χ1n) is 7.66. The lowest BCUT2D eigenvalue weighted by Gasteiger charge is -2.13. The number of hydrogen-bond donors (Lipinski definition) is 2. The van der Waals surface area contributed by atoms with Crippen molar-refractivity contribution in [2.24, 2.45) is 0 Å². The van der Waals surface area contributed by atoms with E-state index in [2.05, 4.69) is 22.2 Å². The third-order valence-electron chi connectivity index (χ3n) is 3.58. The molecule has 0 aliphatic carbocycles. The van der Waals surface area contributed by atoms with Crippen molar-refractivity contribution < 1.29 is 9.59 Å². The van der Waals surface area contributed by atoms with Crippen molar-refractivity contribution in [1.29, 1.82) is 0 Å². The molecule has 0 saturated carbocycles.